The van der Waals surface area contributed by atoms with Crippen LogP contribution in [0.3, 0.4) is 0 Å². The highest BCUT2D eigenvalue weighted by molar-refractivity contribution is 5.97. The van der Waals surface area contributed by atoms with Crippen LogP contribution in [0.25, 0.3) is 16.8 Å². The molecule has 4 nitrogen and oxygen atoms in total. The Morgan fingerprint density at radius 1 is 1.08 bits per heavy atom. The molecule has 0 bridgehead atoms. The average Bonchev–Trinajstić information content (AvgIpc) is 3.13. The first kappa shape index (κ1) is 17.2. The zero-order chi connectivity index (χ0) is 17.6. The summed E-state index contributed by atoms with van der Waals surface area (Å²) in [5.41, 5.74) is 0.680. The minimum atomic E-state index is -1.12. The molecular formula is C21H23NO3. The van der Waals surface area contributed by atoms with Gasteiger partial charge in [-0.05, 0) is 40.8 Å². The summed E-state index contributed by atoms with van der Waals surface area (Å²) >= 11 is 0. The number of carboxylic acid groups (broad SMARTS) is 1. The van der Waals surface area contributed by atoms with Gasteiger partial charge in [0.15, 0.2) is 0 Å². The summed E-state index contributed by atoms with van der Waals surface area (Å²) in [5.74, 6) is -0.729. The van der Waals surface area contributed by atoms with Gasteiger partial charge in [-0.15, -0.1) is 0 Å². The molecule has 0 saturated heterocycles. The maximum absolute atomic E-state index is 12.1. The van der Waals surface area contributed by atoms with E-state index in [4.69, 9.17) is 0 Å². The summed E-state index contributed by atoms with van der Waals surface area (Å²) in [5, 5.41) is 14.1. The normalized spacial score (nSPS) is 15.4. The fourth-order valence-electron chi connectivity index (χ4n) is 3.46. The first-order valence-electron chi connectivity index (χ1n) is 8.85. The van der Waals surface area contributed by atoms with Gasteiger partial charge in [-0.1, -0.05) is 62.1 Å². The molecule has 4 heteroatoms. The number of carboxylic acids is 1. The molecule has 0 radical (unpaired) electrons. The number of nitrogens with one attached hydrogen (secondary N) is 1. The number of rotatable bonds is 6. The summed E-state index contributed by atoms with van der Waals surface area (Å²) in [7, 11) is 0. The van der Waals surface area contributed by atoms with Gasteiger partial charge in [-0.2, -0.15) is 0 Å². The number of hydrogen-bond donors (Lipinski definition) is 2. The summed E-state index contributed by atoms with van der Waals surface area (Å²) in [6, 6.07) is 13.6. The molecule has 3 rings (SSSR count). The lowest BCUT2D eigenvalue weighted by Crippen LogP contribution is -2.27. The maximum atomic E-state index is 12.1. The minimum absolute atomic E-state index is 0.0771. The number of amides is 1. The van der Waals surface area contributed by atoms with E-state index in [2.05, 4.69) is 5.32 Å². The summed E-state index contributed by atoms with van der Waals surface area (Å²) in [4.78, 5) is 23.6. The van der Waals surface area contributed by atoms with Crippen LogP contribution in [0.5, 0.6) is 0 Å². The van der Waals surface area contributed by atoms with Crippen LogP contribution in [0.2, 0.25) is 0 Å². The zero-order valence-electron chi connectivity index (χ0n) is 14.2. The third-order valence-corrected chi connectivity index (χ3v) is 4.84. The Kier molecular flexibility index (Phi) is 5.49. The van der Waals surface area contributed by atoms with Gasteiger partial charge in [0.1, 0.15) is 5.70 Å². The van der Waals surface area contributed by atoms with Gasteiger partial charge in [-0.25, -0.2) is 4.79 Å². The third-order valence-electron chi connectivity index (χ3n) is 4.84. The van der Waals surface area contributed by atoms with Crippen molar-refractivity contribution in [3.63, 3.8) is 0 Å². The number of benzene rings is 2. The highest BCUT2D eigenvalue weighted by Gasteiger charge is 2.17. The van der Waals surface area contributed by atoms with Crippen molar-refractivity contribution in [3.8, 4) is 0 Å². The molecule has 0 spiro atoms. The molecule has 0 unspecified atom stereocenters. The van der Waals surface area contributed by atoms with E-state index in [-0.39, 0.29) is 11.6 Å². The molecule has 1 saturated carbocycles. The second-order valence-electron chi connectivity index (χ2n) is 6.71. The van der Waals surface area contributed by atoms with Crippen molar-refractivity contribution in [1.29, 1.82) is 0 Å². The van der Waals surface area contributed by atoms with Crippen LogP contribution < -0.4 is 5.32 Å². The number of fused-ring (bicyclic) bond motifs is 1. The van der Waals surface area contributed by atoms with Crippen molar-refractivity contribution < 1.29 is 14.7 Å². The fourth-order valence-corrected chi connectivity index (χ4v) is 3.46. The van der Waals surface area contributed by atoms with Crippen molar-refractivity contribution in [2.75, 3.05) is 0 Å². The highest BCUT2D eigenvalue weighted by atomic mass is 16.4. The predicted molar refractivity (Wildman–Crippen MR) is 98.9 cm³/mol. The van der Waals surface area contributed by atoms with Crippen LogP contribution in [0.4, 0.5) is 0 Å². The van der Waals surface area contributed by atoms with E-state index >= 15 is 0 Å². The molecule has 1 aliphatic rings. The average molecular weight is 337 g/mol. The molecule has 25 heavy (non-hydrogen) atoms. The monoisotopic (exact) mass is 337 g/mol. The Balaban J connectivity index is 1.69. The zero-order valence-corrected chi connectivity index (χ0v) is 14.2. The van der Waals surface area contributed by atoms with E-state index in [9.17, 15) is 14.7 Å². The van der Waals surface area contributed by atoms with Crippen LogP contribution >= 0.6 is 0 Å². The third kappa shape index (κ3) is 4.69. The maximum Gasteiger partial charge on any atom is 0.352 e. The lowest BCUT2D eigenvalue weighted by atomic mass is 10.0. The van der Waals surface area contributed by atoms with Crippen molar-refractivity contribution >= 4 is 28.7 Å². The first-order valence-corrected chi connectivity index (χ1v) is 8.85. The molecular weight excluding hydrogens is 314 g/mol. The summed E-state index contributed by atoms with van der Waals surface area (Å²) in [6.07, 6.45) is 7.60. The van der Waals surface area contributed by atoms with Crippen molar-refractivity contribution in [2.45, 2.75) is 38.5 Å². The van der Waals surface area contributed by atoms with Crippen molar-refractivity contribution in [3.05, 3.63) is 53.7 Å². The van der Waals surface area contributed by atoms with E-state index in [1.807, 2.05) is 42.5 Å². The summed E-state index contributed by atoms with van der Waals surface area (Å²) in [6.45, 7) is 0. The molecule has 0 aromatic heterocycles. The number of aliphatic carboxylic acids is 1. The molecule has 1 fully saturated rings. The second kappa shape index (κ2) is 7.97. The summed E-state index contributed by atoms with van der Waals surface area (Å²) < 4.78 is 0. The van der Waals surface area contributed by atoms with Crippen LogP contribution in [0.1, 0.15) is 44.1 Å². The quantitative estimate of drug-likeness (QED) is 0.770. The van der Waals surface area contributed by atoms with E-state index in [1.54, 1.807) is 0 Å². The Morgan fingerprint density at radius 3 is 2.52 bits per heavy atom. The molecule has 1 aliphatic carbocycles. The van der Waals surface area contributed by atoms with Gasteiger partial charge in [0.2, 0.25) is 5.91 Å². The Labute approximate surface area is 147 Å². The van der Waals surface area contributed by atoms with E-state index in [1.165, 1.54) is 31.8 Å². The molecule has 0 aliphatic heterocycles. The predicted octanol–water partition coefficient (Wildman–Crippen LogP) is 4.35. The molecule has 2 aromatic rings. The van der Waals surface area contributed by atoms with Gasteiger partial charge in [0.25, 0.3) is 0 Å². The Bertz CT molecular complexity index is 804. The number of hydrogen-bond acceptors (Lipinski definition) is 2. The van der Waals surface area contributed by atoms with Gasteiger partial charge >= 0.3 is 5.97 Å². The van der Waals surface area contributed by atoms with Gasteiger partial charge < -0.3 is 10.4 Å². The molecule has 0 heterocycles. The molecule has 2 aromatic carbocycles. The van der Waals surface area contributed by atoms with Crippen LogP contribution in [-0.2, 0) is 9.59 Å². The van der Waals surface area contributed by atoms with Gasteiger partial charge in [0.05, 0.1) is 0 Å². The van der Waals surface area contributed by atoms with Crippen LogP contribution in [0.15, 0.2) is 48.2 Å². The van der Waals surface area contributed by atoms with Crippen LogP contribution in [0, 0.1) is 5.92 Å². The highest BCUT2D eigenvalue weighted by Crippen LogP contribution is 2.28. The Morgan fingerprint density at radius 2 is 1.80 bits per heavy atom. The fraction of sp³-hybridized carbons (Fsp3) is 0.333. The van der Waals surface area contributed by atoms with Gasteiger partial charge in [0, 0.05) is 6.42 Å². The SMILES string of the molecule is O=C(CCC1CCCC1)N/C(=C\c1ccc2ccccc2c1)C(=O)O. The number of carbonyl (C=O) groups excluding carboxylic acids is 1. The Hall–Kier alpha value is -2.62. The van der Waals surface area contributed by atoms with Crippen molar-refractivity contribution in [1.82, 2.24) is 5.32 Å². The van der Waals surface area contributed by atoms with Crippen molar-refractivity contribution in [2.24, 2.45) is 5.92 Å². The second-order valence-corrected chi connectivity index (χ2v) is 6.71. The lowest BCUT2D eigenvalue weighted by Gasteiger charge is -2.10. The number of carbonyl (C=O) groups is 2. The molecule has 0 atom stereocenters. The smallest absolute Gasteiger partial charge is 0.352 e. The van der Waals surface area contributed by atoms with E-state index in [0.29, 0.717) is 12.3 Å². The van der Waals surface area contributed by atoms with Crippen LogP contribution in [-0.4, -0.2) is 17.0 Å². The lowest BCUT2D eigenvalue weighted by molar-refractivity contribution is -0.134. The molecule has 1 amide bonds. The molecule has 2 N–H and O–H groups in total. The van der Waals surface area contributed by atoms with E-state index < -0.39 is 5.97 Å². The minimum Gasteiger partial charge on any atom is -0.477 e. The topological polar surface area (TPSA) is 66.4 Å². The van der Waals surface area contributed by atoms with E-state index in [0.717, 1.165) is 22.8 Å². The first-order chi connectivity index (χ1) is 12.1. The standard InChI is InChI=1S/C21H23NO3/c23-20(12-10-15-5-1-2-6-15)22-19(21(24)25)14-16-9-11-17-7-3-4-8-18(17)13-16/h3-4,7-9,11,13-15H,1-2,5-6,10,12H2,(H,22,23)(H,24,25)/b19-14-. The van der Waals surface area contributed by atoms with Gasteiger partial charge in [-0.3, -0.25) is 4.79 Å². The molecule has 130 valence electrons. The largest absolute Gasteiger partial charge is 0.477 e.